The van der Waals surface area contributed by atoms with Crippen LogP contribution in [0.1, 0.15) is 11.1 Å². The van der Waals surface area contributed by atoms with Crippen molar-refractivity contribution in [2.24, 2.45) is 0 Å². The summed E-state index contributed by atoms with van der Waals surface area (Å²) in [4.78, 5) is 0. The molecular formula is C14H15FN2O2S. The van der Waals surface area contributed by atoms with Crippen molar-refractivity contribution in [3.8, 4) is 0 Å². The number of anilines is 1. The molecule has 0 aliphatic carbocycles. The Balaban J connectivity index is 2.01. The minimum atomic E-state index is -3.49. The molecule has 3 N–H and O–H groups in total. The van der Waals surface area contributed by atoms with E-state index in [1.165, 1.54) is 18.2 Å². The molecule has 2 aromatic rings. The maximum atomic E-state index is 13.0. The van der Waals surface area contributed by atoms with Crippen LogP contribution >= 0.6 is 0 Å². The first kappa shape index (κ1) is 14.5. The first-order valence-corrected chi connectivity index (χ1v) is 7.66. The number of halogens is 1. The number of benzene rings is 2. The summed E-state index contributed by atoms with van der Waals surface area (Å²) in [6.45, 7) is 0.0579. The summed E-state index contributed by atoms with van der Waals surface area (Å²) in [5.74, 6) is -0.551. The lowest BCUT2D eigenvalue weighted by atomic mass is 10.2. The molecule has 0 atom stereocenters. The maximum Gasteiger partial charge on any atom is 0.216 e. The summed E-state index contributed by atoms with van der Waals surface area (Å²) in [6, 6.07) is 12.5. The van der Waals surface area contributed by atoms with E-state index in [2.05, 4.69) is 4.72 Å². The number of sulfonamides is 1. The zero-order valence-electron chi connectivity index (χ0n) is 10.7. The monoisotopic (exact) mass is 294 g/mol. The normalized spacial score (nSPS) is 11.4. The molecule has 0 aliphatic heterocycles. The topological polar surface area (TPSA) is 72.2 Å². The van der Waals surface area contributed by atoms with E-state index >= 15 is 0 Å². The predicted molar refractivity (Wildman–Crippen MR) is 76.7 cm³/mol. The molecule has 0 aliphatic rings. The van der Waals surface area contributed by atoms with Gasteiger partial charge in [0.05, 0.1) is 5.75 Å². The van der Waals surface area contributed by atoms with Crippen molar-refractivity contribution in [2.75, 3.05) is 5.73 Å². The zero-order valence-corrected chi connectivity index (χ0v) is 11.5. The minimum absolute atomic E-state index is 0.0579. The number of nitrogens with one attached hydrogen (secondary N) is 1. The highest BCUT2D eigenvalue weighted by molar-refractivity contribution is 7.88. The van der Waals surface area contributed by atoms with Gasteiger partial charge in [0.25, 0.3) is 0 Å². The van der Waals surface area contributed by atoms with Crippen LogP contribution in [0.3, 0.4) is 0 Å². The third kappa shape index (κ3) is 4.32. The lowest BCUT2D eigenvalue weighted by molar-refractivity contribution is 0.579. The van der Waals surface area contributed by atoms with Gasteiger partial charge in [0.15, 0.2) is 0 Å². The summed E-state index contributed by atoms with van der Waals surface area (Å²) in [5, 5.41) is 0. The predicted octanol–water partition coefficient (Wildman–Crippen LogP) is 2.03. The Morgan fingerprint density at radius 3 is 2.45 bits per heavy atom. The molecule has 0 fully saturated rings. The maximum absolute atomic E-state index is 13.0. The van der Waals surface area contributed by atoms with Crippen LogP contribution in [0, 0.1) is 5.82 Å². The molecule has 2 aromatic carbocycles. The van der Waals surface area contributed by atoms with Gasteiger partial charge in [-0.25, -0.2) is 17.5 Å². The fourth-order valence-corrected chi connectivity index (χ4v) is 2.90. The summed E-state index contributed by atoms with van der Waals surface area (Å²) in [5.41, 5.74) is 7.30. The Morgan fingerprint density at radius 1 is 1.05 bits per heavy atom. The first-order chi connectivity index (χ1) is 9.44. The van der Waals surface area contributed by atoms with Crippen molar-refractivity contribution in [1.82, 2.24) is 4.72 Å². The van der Waals surface area contributed by atoms with Crippen molar-refractivity contribution >= 4 is 15.7 Å². The van der Waals surface area contributed by atoms with Crippen molar-refractivity contribution < 1.29 is 12.8 Å². The first-order valence-electron chi connectivity index (χ1n) is 6.01. The van der Waals surface area contributed by atoms with Gasteiger partial charge < -0.3 is 5.73 Å². The molecule has 0 spiro atoms. The van der Waals surface area contributed by atoms with Gasteiger partial charge in [-0.05, 0) is 35.4 Å². The molecule has 2 rings (SSSR count). The van der Waals surface area contributed by atoms with E-state index in [4.69, 9.17) is 5.73 Å². The van der Waals surface area contributed by atoms with Gasteiger partial charge in [0, 0.05) is 12.2 Å². The van der Waals surface area contributed by atoms with Crippen molar-refractivity contribution in [3.63, 3.8) is 0 Å². The standard InChI is InChI=1S/C14H15FN2O2S/c15-13-5-1-3-11(7-13)9-17-20(18,19)10-12-4-2-6-14(16)8-12/h1-8,17H,9-10,16H2. The molecule has 0 heterocycles. The second kappa shape index (κ2) is 6.02. The quantitative estimate of drug-likeness (QED) is 0.829. The van der Waals surface area contributed by atoms with Gasteiger partial charge in [-0.1, -0.05) is 24.3 Å². The van der Waals surface area contributed by atoms with Gasteiger partial charge in [-0.3, -0.25) is 0 Å². The highest BCUT2D eigenvalue weighted by atomic mass is 32.2. The van der Waals surface area contributed by atoms with Crippen molar-refractivity contribution in [2.45, 2.75) is 12.3 Å². The Morgan fingerprint density at radius 2 is 1.75 bits per heavy atom. The van der Waals surface area contributed by atoms with Gasteiger partial charge in [-0.15, -0.1) is 0 Å². The Bertz CT molecular complexity index is 702. The molecule has 6 heteroatoms. The lowest BCUT2D eigenvalue weighted by Crippen LogP contribution is -2.24. The van der Waals surface area contributed by atoms with E-state index in [1.807, 2.05) is 0 Å². The lowest BCUT2D eigenvalue weighted by Gasteiger charge is -2.07. The molecule has 4 nitrogen and oxygen atoms in total. The largest absolute Gasteiger partial charge is 0.399 e. The van der Waals surface area contributed by atoms with Gasteiger partial charge in [0.2, 0.25) is 10.0 Å². The van der Waals surface area contributed by atoms with Crippen LogP contribution in [0.25, 0.3) is 0 Å². The van der Waals surface area contributed by atoms with Crippen LogP contribution in [0.2, 0.25) is 0 Å². The van der Waals surface area contributed by atoms with Gasteiger partial charge in [0.1, 0.15) is 5.82 Å². The number of hydrogen-bond donors (Lipinski definition) is 2. The number of nitrogens with two attached hydrogens (primary N) is 1. The van der Waals surface area contributed by atoms with E-state index < -0.39 is 15.8 Å². The number of nitrogen functional groups attached to an aromatic ring is 1. The van der Waals surface area contributed by atoms with E-state index in [9.17, 15) is 12.8 Å². The van der Waals surface area contributed by atoms with Crippen LogP contribution < -0.4 is 10.5 Å². The molecular weight excluding hydrogens is 279 g/mol. The third-order valence-electron chi connectivity index (χ3n) is 2.69. The summed E-state index contributed by atoms with van der Waals surface area (Å²) >= 11 is 0. The number of hydrogen-bond acceptors (Lipinski definition) is 3. The van der Waals surface area contributed by atoms with Crippen LogP contribution in [0.5, 0.6) is 0 Å². The highest BCUT2D eigenvalue weighted by Gasteiger charge is 2.11. The Hall–Kier alpha value is -1.92. The molecule has 0 bridgehead atoms. The second-order valence-electron chi connectivity index (χ2n) is 4.46. The summed E-state index contributed by atoms with van der Waals surface area (Å²) < 4.78 is 39.3. The van der Waals surface area contributed by atoms with Crippen molar-refractivity contribution in [3.05, 3.63) is 65.5 Å². The second-order valence-corrected chi connectivity index (χ2v) is 6.26. The smallest absolute Gasteiger partial charge is 0.216 e. The molecule has 106 valence electrons. The van der Waals surface area contributed by atoms with Gasteiger partial charge in [-0.2, -0.15) is 0 Å². The van der Waals surface area contributed by atoms with E-state index in [1.54, 1.807) is 30.3 Å². The summed E-state index contributed by atoms with van der Waals surface area (Å²) in [6.07, 6.45) is 0. The Kier molecular flexibility index (Phi) is 4.36. The minimum Gasteiger partial charge on any atom is -0.399 e. The third-order valence-corrected chi connectivity index (χ3v) is 3.99. The fraction of sp³-hybridized carbons (Fsp3) is 0.143. The average Bonchev–Trinajstić information content (AvgIpc) is 2.36. The van der Waals surface area contributed by atoms with Gasteiger partial charge >= 0.3 is 0 Å². The van der Waals surface area contributed by atoms with E-state index in [-0.39, 0.29) is 12.3 Å². The summed E-state index contributed by atoms with van der Waals surface area (Å²) in [7, 11) is -3.49. The molecule has 20 heavy (non-hydrogen) atoms. The molecule has 0 saturated carbocycles. The Labute approximate surface area is 117 Å². The fourth-order valence-electron chi connectivity index (χ4n) is 1.79. The van der Waals surface area contributed by atoms with E-state index in [0.29, 0.717) is 16.8 Å². The van der Waals surface area contributed by atoms with Crippen LogP contribution in [-0.2, 0) is 22.3 Å². The highest BCUT2D eigenvalue weighted by Crippen LogP contribution is 2.10. The average molecular weight is 294 g/mol. The molecule has 0 amide bonds. The molecule has 0 radical (unpaired) electrons. The zero-order chi connectivity index (χ0) is 14.6. The molecule has 0 saturated heterocycles. The SMILES string of the molecule is Nc1cccc(CS(=O)(=O)NCc2cccc(F)c2)c1. The number of rotatable bonds is 5. The molecule has 0 aromatic heterocycles. The van der Waals surface area contributed by atoms with Crippen LogP contribution in [-0.4, -0.2) is 8.42 Å². The van der Waals surface area contributed by atoms with Crippen LogP contribution in [0.15, 0.2) is 48.5 Å². The van der Waals surface area contributed by atoms with E-state index in [0.717, 1.165) is 0 Å². The molecule has 0 unspecified atom stereocenters. The van der Waals surface area contributed by atoms with Crippen molar-refractivity contribution in [1.29, 1.82) is 0 Å². The van der Waals surface area contributed by atoms with Crippen LogP contribution in [0.4, 0.5) is 10.1 Å².